The quantitative estimate of drug-likeness (QED) is 0.846. The lowest BCUT2D eigenvalue weighted by atomic mass is 10.3. The van der Waals surface area contributed by atoms with Crippen LogP contribution < -0.4 is 5.73 Å². The van der Waals surface area contributed by atoms with Crippen molar-refractivity contribution < 1.29 is 0 Å². The summed E-state index contributed by atoms with van der Waals surface area (Å²) in [7, 11) is 1.93. The SMILES string of the molecule is CCc1nc(N)c(C)c(Sc2nnc(C)n2C)n1. The summed E-state index contributed by atoms with van der Waals surface area (Å²) in [5.74, 6) is 2.15. The summed E-state index contributed by atoms with van der Waals surface area (Å²) in [5, 5.41) is 9.78. The van der Waals surface area contributed by atoms with E-state index in [2.05, 4.69) is 20.2 Å². The normalized spacial score (nSPS) is 10.9. The monoisotopic (exact) mass is 264 g/mol. The molecule has 2 aromatic rings. The number of nitrogen functional groups attached to an aromatic ring is 1. The molecule has 2 heterocycles. The van der Waals surface area contributed by atoms with E-state index in [1.165, 1.54) is 11.8 Å². The molecule has 0 atom stereocenters. The van der Waals surface area contributed by atoms with Gasteiger partial charge < -0.3 is 10.3 Å². The first-order valence-electron chi connectivity index (χ1n) is 5.69. The Morgan fingerprint density at radius 1 is 1.22 bits per heavy atom. The van der Waals surface area contributed by atoms with Crippen LogP contribution in [0.1, 0.15) is 24.1 Å². The topological polar surface area (TPSA) is 82.5 Å². The molecule has 0 unspecified atom stereocenters. The van der Waals surface area contributed by atoms with E-state index in [0.29, 0.717) is 5.82 Å². The van der Waals surface area contributed by atoms with E-state index in [1.54, 1.807) is 0 Å². The predicted molar refractivity (Wildman–Crippen MR) is 70.4 cm³/mol. The van der Waals surface area contributed by atoms with Crippen LogP contribution in [0.15, 0.2) is 10.2 Å². The standard InChI is InChI=1S/C11H16N6S/c1-5-8-13-9(12)6(2)10(14-8)18-11-16-15-7(3)17(11)4/h5H2,1-4H3,(H2,12,13,14). The first kappa shape index (κ1) is 12.8. The van der Waals surface area contributed by atoms with Gasteiger partial charge in [-0.3, -0.25) is 0 Å². The largest absolute Gasteiger partial charge is 0.383 e. The number of rotatable bonds is 3. The first-order valence-corrected chi connectivity index (χ1v) is 6.51. The Balaban J connectivity index is 2.39. The number of aryl methyl sites for hydroxylation is 2. The lowest BCUT2D eigenvalue weighted by Crippen LogP contribution is -2.04. The lowest BCUT2D eigenvalue weighted by Gasteiger charge is -2.08. The molecule has 18 heavy (non-hydrogen) atoms. The Morgan fingerprint density at radius 3 is 2.50 bits per heavy atom. The molecule has 0 bridgehead atoms. The molecule has 2 rings (SSSR count). The van der Waals surface area contributed by atoms with Crippen molar-refractivity contribution in [1.82, 2.24) is 24.7 Å². The minimum Gasteiger partial charge on any atom is -0.383 e. The Labute approximate surface area is 110 Å². The van der Waals surface area contributed by atoms with Crippen molar-refractivity contribution in [3.8, 4) is 0 Å². The molecule has 0 aromatic carbocycles. The third-order valence-electron chi connectivity index (χ3n) is 2.74. The maximum absolute atomic E-state index is 5.89. The molecule has 0 amide bonds. The van der Waals surface area contributed by atoms with Gasteiger partial charge in [0.15, 0.2) is 5.16 Å². The molecule has 7 heteroatoms. The van der Waals surface area contributed by atoms with Crippen LogP contribution >= 0.6 is 11.8 Å². The van der Waals surface area contributed by atoms with E-state index < -0.39 is 0 Å². The second-order valence-corrected chi connectivity index (χ2v) is 4.96. The summed E-state index contributed by atoms with van der Waals surface area (Å²) in [6.07, 6.45) is 0.760. The highest BCUT2D eigenvalue weighted by atomic mass is 32.2. The summed E-state index contributed by atoms with van der Waals surface area (Å²) >= 11 is 1.46. The van der Waals surface area contributed by atoms with Gasteiger partial charge in [-0.25, -0.2) is 9.97 Å². The van der Waals surface area contributed by atoms with Gasteiger partial charge in [-0.2, -0.15) is 0 Å². The zero-order valence-corrected chi connectivity index (χ0v) is 11.7. The molecule has 0 fully saturated rings. The molecule has 0 spiro atoms. The average molecular weight is 264 g/mol. The molecule has 0 aliphatic carbocycles. The summed E-state index contributed by atoms with van der Waals surface area (Å²) in [4.78, 5) is 8.72. The van der Waals surface area contributed by atoms with E-state index >= 15 is 0 Å². The Bertz CT molecular complexity index is 577. The van der Waals surface area contributed by atoms with E-state index in [9.17, 15) is 0 Å². The van der Waals surface area contributed by atoms with Crippen LogP contribution in [-0.4, -0.2) is 24.7 Å². The smallest absolute Gasteiger partial charge is 0.197 e. The van der Waals surface area contributed by atoms with E-state index in [4.69, 9.17) is 5.73 Å². The number of anilines is 1. The van der Waals surface area contributed by atoms with Gasteiger partial charge >= 0.3 is 0 Å². The van der Waals surface area contributed by atoms with Gasteiger partial charge in [-0.15, -0.1) is 10.2 Å². The highest BCUT2D eigenvalue weighted by Gasteiger charge is 2.13. The number of nitrogens with zero attached hydrogens (tertiary/aromatic N) is 5. The van der Waals surface area contributed by atoms with Crippen molar-refractivity contribution in [3.63, 3.8) is 0 Å². The molecular formula is C11H16N6S. The molecule has 6 nitrogen and oxygen atoms in total. The second kappa shape index (κ2) is 4.93. The van der Waals surface area contributed by atoms with Crippen molar-refractivity contribution in [2.75, 3.05) is 5.73 Å². The maximum Gasteiger partial charge on any atom is 0.197 e. The zero-order chi connectivity index (χ0) is 13.3. The van der Waals surface area contributed by atoms with Gasteiger partial charge in [0.2, 0.25) is 0 Å². The fraction of sp³-hybridized carbons (Fsp3) is 0.455. The predicted octanol–water partition coefficient (Wildman–Crippen LogP) is 1.52. The van der Waals surface area contributed by atoms with Gasteiger partial charge in [0.05, 0.1) is 0 Å². The molecule has 0 saturated heterocycles. The molecule has 0 radical (unpaired) electrons. The van der Waals surface area contributed by atoms with Crippen molar-refractivity contribution in [2.24, 2.45) is 7.05 Å². The van der Waals surface area contributed by atoms with Crippen molar-refractivity contribution in [2.45, 2.75) is 37.4 Å². The summed E-state index contributed by atoms with van der Waals surface area (Å²) < 4.78 is 1.92. The Kier molecular flexibility index (Phi) is 3.51. The van der Waals surface area contributed by atoms with Crippen LogP contribution in [0.2, 0.25) is 0 Å². The van der Waals surface area contributed by atoms with Crippen molar-refractivity contribution >= 4 is 17.6 Å². The molecule has 96 valence electrons. The zero-order valence-electron chi connectivity index (χ0n) is 10.9. The Morgan fingerprint density at radius 2 is 1.94 bits per heavy atom. The van der Waals surface area contributed by atoms with Gasteiger partial charge in [-0.1, -0.05) is 6.92 Å². The first-order chi connectivity index (χ1) is 8.52. The summed E-state index contributed by atoms with van der Waals surface area (Å²) in [6.45, 7) is 5.83. The van der Waals surface area contributed by atoms with Crippen LogP contribution in [0.5, 0.6) is 0 Å². The molecule has 2 N–H and O–H groups in total. The van der Waals surface area contributed by atoms with Crippen LogP contribution in [0.25, 0.3) is 0 Å². The highest BCUT2D eigenvalue weighted by molar-refractivity contribution is 7.99. The molecular weight excluding hydrogens is 248 g/mol. The second-order valence-electron chi connectivity index (χ2n) is 4.00. The van der Waals surface area contributed by atoms with Crippen LogP contribution in [0.3, 0.4) is 0 Å². The lowest BCUT2D eigenvalue weighted by molar-refractivity contribution is 0.762. The highest BCUT2D eigenvalue weighted by Crippen LogP contribution is 2.29. The third kappa shape index (κ3) is 2.31. The van der Waals surface area contributed by atoms with E-state index in [1.807, 2.05) is 32.4 Å². The number of nitrogens with two attached hydrogens (primary N) is 1. The van der Waals surface area contributed by atoms with Gasteiger partial charge in [0.25, 0.3) is 0 Å². The number of hydrogen-bond acceptors (Lipinski definition) is 6. The molecule has 0 aliphatic rings. The van der Waals surface area contributed by atoms with Gasteiger partial charge in [-0.05, 0) is 25.6 Å². The average Bonchev–Trinajstić information content (AvgIpc) is 2.66. The number of aromatic nitrogens is 5. The molecule has 0 aliphatic heterocycles. The fourth-order valence-corrected chi connectivity index (χ4v) is 2.31. The van der Waals surface area contributed by atoms with Crippen molar-refractivity contribution in [1.29, 1.82) is 0 Å². The van der Waals surface area contributed by atoms with Gasteiger partial charge in [0, 0.05) is 19.0 Å². The van der Waals surface area contributed by atoms with Crippen LogP contribution in [0, 0.1) is 13.8 Å². The Hall–Kier alpha value is -1.63. The van der Waals surface area contributed by atoms with E-state index in [-0.39, 0.29) is 0 Å². The maximum atomic E-state index is 5.89. The molecule has 2 aromatic heterocycles. The minimum absolute atomic E-state index is 0.531. The third-order valence-corrected chi connectivity index (χ3v) is 3.87. The minimum atomic E-state index is 0.531. The number of hydrogen-bond donors (Lipinski definition) is 1. The molecule has 0 saturated carbocycles. The summed E-state index contributed by atoms with van der Waals surface area (Å²) in [6, 6.07) is 0. The van der Waals surface area contributed by atoms with Crippen LogP contribution in [0.4, 0.5) is 5.82 Å². The van der Waals surface area contributed by atoms with Crippen LogP contribution in [-0.2, 0) is 13.5 Å². The van der Waals surface area contributed by atoms with E-state index in [0.717, 1.165) is 33.8 Å². The summed E-state index contributed by atoms with van der Waals surface area (Å²) in [5.41, 5.74) is 6.77. The fourth-order valence-electron chi connectivity index (χ4n) is 1.38. The van der Waals surface area contributed by atoms with Crippen molar-refractivity contribution in [3.05, 3.63) is 17.2 Å². The van der Waals surface area contributed by atoms with Gasteiger partial charge in [0.1, 0.15) is 22.5 Å².